The van der Waals surface area contributed by atoms with Gasteiger partial charge in [0.1, 0.15) is 5.75 Å². The first-order chi connectivity index (χ1) is 6.41. The predicted molar refractivity (Wildman–Crippen MR) is 38.2 cm³/mol. The minimum absolute atomic E-state index is 0.721. The summed E-state index contributed by atoms with van der Waals surface area (Å²) in [5.41, 5.74) is -1.15. The Morgan fingerprint density at radius 2 is 1.79 bits per heavy atom. The van der Waals surface area contributed by atoms with Gasteiger partial charge in [-0.2, -0.15) is 23.1 Å². The molecule has 0 aliphatic rings. The highest BCUT2D eigenvalue weighted by molar-refractivity contribution is 5.61. The molecule has 3 nitrogen and oxygen atoms in total. The summed E-state index contributed by atoms with van der Waals surface area (Å²) in [5, 5.41) is 9.95. The van der Waals surface area contributed by atoms with E-state index in [0.717, 1.165) is 18.2 Å². The van der Waals surface area contributed by atoms with Gasteiger partial charge in [-0.15, -0.1) is 0 Å². The molecule has 0 spiro atoms. The highest BCUT2D eigenvalue weighted by atomic mass is 19.4. The molecule has 1 aromatic rings. The molecule has 0 unspecified atom stereocenters. The maximum Gasteiger partial charge on any atom is 0.555 e. The quantitative estimate of drug-likeness (QED) is 0.522. The van der Waals surface area contributed by atoms with Crippen molar-refractivity contribution in [3.05, 3.63) is 29.8 Å². The number of carbonyl (C=O) groups excluding carboxylic acids is 1. The number of alkyl halides is 3. The molecule has 0 aliphatic carbocycles. The van der Waals surface area contributed by atoms with E-state index in [0.29, 0.717) is 0 Å². The maximum atomic E-state index is 12.2. The number of hydrogen-bond acceptors (Lipinski definition) is 2. The van der Waals surface area contributed by atoms with Gasteiger partial charge in [-0.3, -0.25) is 0 Å². The van der Waals surface area contributed by atoms with Gasteiger partial charge in [0.15, 0.2) is 0 Å². The smallest absolute Gasteiger partial charge is 0.392 e. The summed E-state index contributed by atoms with van der Waals surface area (Å²) < 4.78 is 40.5. The molecule has 0 heterocycles. The van der Waals surface area contributed by atoms with Gasteiger partial charge in [0.05, 0.1) is 5.56 Å². The summed E-state index contributed by atoms with van der Waals surface area (Å²) in [5.74, 6) is -0.778. The zero-order valence-corrected chi connectivity index (χ0v) is 6.67. The molecule has 0 fully saturated rings. The van der Waals surface area contributed by atoms with Crippen molar-refractivity contribution in [1.29, 1.82) is 0 Å². The predicted octanol–water partition coefficient (Wildman–Crippen LogP) is 2.63. The third-order valence-electron chi connectivity index (χ3n) is 1.39. The second-order valence-corrected chi connectivity index (χ2v) is 2.35. The number of halogens is 3. The minimum Gasteiger partial charge on any atom is -0.392 e. The number of benzene rings is 1. The van der Waals surface area contributed by atoms with Gasteiger partial charge in [-0.1, -0.05) is 12.1 Å². The Morgan fingerprint density at radius 1 is 1.21 bits per heavy atom. The van der Waals surface area contributed by atoms with E-state index in [-0.39, 0.29) is 0 Å². The van der Waals surface area contributed by atoms with Crippen LogP contribution >= 0.6 is 0 Å². The molecular weight excluding hydrogens is 201 g/mol. The first-order valence-corrected chi connectivity index (χ1v) is 3.46. The van der Waals surface area contributed by atoms with Crippen molar-refractivity contribution in [2.24, 2.45) is 0 Å². The van der Waals surface area contributed by atoms with Crippen LogP contribution in [0.15, 0.2) is 24.3 Å². The van der Waals surface area contributed by atoms with E-state index in [1.54, 1.807) is 0 Å². The lowest BCUT2D eigenvalue weighted by Gasteiger charge is -2.09. The summed E-state index contributed by atoms with van der Waals surface area (Å²) in [6, 6.07) is 3.98. The fourth-order valence-corrected chi connectivity index (χ4v) is 0.880. The monoisotopic (exact) mass is 205 g/mol. The van der Waals surface area contributed by atoms with Crippen molar-refractivity contribution >= 4 is 6.16 Å². The van der Waals surface area contributed by atoms with Crippen LogP contribution in [0.25, 0.3) is 0 Å². The van der Waals surface area contributed by atoms with E-state index < -0.39 is 23.6 Å². The summed E-state index contributed by atoms with van der Waals surface area (Å²) >= 11 is 0. The summed E-state index contributed by atoms with van der Waals surface area (Å²) in [6.45, 7) is 0. The molecule has 0 saturated carbocycles. The Labute approximate surface area is 76.7 Å². The van der Waals surface area contributed by atoms with Gasteiger partial charge < -0.3 is 4.74 Å². The molecular formula is C8H4F3O3. The molecule has 1 rings (SSSR count). The molecule has 75 valence electrons. The van der Waals surface area contributed by atoms with Crippen molar-refractivity contribution in [3.63, 3.8) is 0 Å². The lowest BCUT2D eigenvalue weighted by atomic mass is 10.2. The van der Waals surface area contributed by atoms with E-state index >= 15 is 0 Å². The SMILES string of the molecule is [O]C(=O)Oc1ccccc1C(F)(F)F. The number of ether oxygens (including phenoxy) is 1. The van der Waals surface area contributed by atoms with Crippen LogP contribution in [-0.2, 0) is 11.3 Å². The van der Waals surface area contributed by atoms with Crippen molar-refractivity contribution in [2.45, 2.75) is 6.18 Å². The van der Waals surface area contributed by atoms with Crippen molar-refractivity contribution in [3.8, 4) is 5.75 Å². The highest BCUT2D eigenvalue weighted by Crippen LogP contribution is 2.35. The van der Waals surface area contributed by atoms with Gasteiger partial charge in [-0.05, 0) is 12.1 Å². The van der Waals surface area contributed by atoms with Crippen LogP contribution in [0.1, 0.15) is 5.56 Å². The fraction of sp³-hybridized carbons (Fsp3) is 0.125. The van der Waals surface area contributed by atoms with Crippen LogP contribution in [0.3, 0.4) is 0 Å². The van der Waals surface area contributed by atoms with Gasteiger partial charge in [0, 0.05) is 0 Å². The average molecular weight is 205 g/mol. The van der Waals surface area contributed by atoms with E-state index in [4.69, 9.17) is 0 Å². The van der Waals surface area contributed by atoms with Crippen molar-refractivity contribution < 1.29 is 27.8 Å². The Balaban J connectivity index is 3.10. The first-order valence-electron chi connectivity index (χ1n) is 3.46. The largest absolute Gasteiger partial charge is 0.555 e. The fourth-order valence-electron chi connectivity index (χ4n) is 0.880. The van der Waals surface area contributed by atoms with E-state index in [9.17, 15) is 23.1 Å². The molecule has 0 bridgehead atoms. The Hall–Kier alpha value is -1.72. The molecule has 6 heteroatoms. The Morgan fingerprint density at radius 3 is 2.29 bits per heavy atom. The van der Waals surface area contributed by atoms with Crippen LogP contribution in [0.5, 0.6) is 5.75 Å². The minimum atomic E-state index is -4.65. The molecule has 0 aliphatic heterocycles. The molecule has 0 saturated heterocycles. The van der Waals surface area contributed by atoms with Gasteiger partial charge in [0.25, 0.3) is 0 Å². The van der Waals surface area contributed by atoms with Crippen LogP contribution in [0.4, 0.5) is 18.0 Å². The summed E-state index contributed by atoms with van der Waals surface area (Å²) in [7, 11) is 0. The van der Waals surface area contributed by atoms with Crippen LogP contribution in [0.2, 0.25) is 0 Å². The Bertz CT molecular complexity index is 346. The van der Waals surface area contributed by atoms with Crippen molar-refractivity contribution in [1.82, 2.24) is 0 Å². The van der Waals surface area contributed by atoms with Gasteiger partial charge in [0.2, 0.25) is 0 Å². The lowest BCUT2D eigenvalue weighted by Crippen LogP contribution is -2.10. The van der Waals surface area contributed by atoms with E-state index in [1.165, 1.54) is 6.07 Å². The van der Waals surface area contributed by atoms with E-state index in [1.807, 2.05) is 0 Å². The third-order valence-corrected chi connectivity index (χ3v) is 1.39. The second-order valence-electron chi connectivity index (χ2n) is 2.35. The van der Waals surface area contributed by atoms with Gasteiger partial charge >= 0.3 is 12.3 Å². The zero-order valence-electron chi connectivity index (χ0n) is 6.67. The molecule has 0 N–H and O–H groups in total. The number of rotatable bonds is 1. The first kappa shape index (κ1) is 10.4. The van der Waals surface area contributed by atoms with Crippen LogP contribution < -0.4 is 4.74 Å². The van der Waals surface area contributed by atoms with Gasteiger partial charge in [-0.25, -0.2) is 0 Å². The number of carbonyl (C=O) groups is 1. The van der Waals surface area contributed by atoms with Crippen molar-refractivity contribution in [2.75, 3.05) is 0 Å². The third kappa shape index (κ3) is 2.38. The second kappa shape index (κ2) is 3.57. The highest BCUT2D eigenvalue weighted by Gasteiger charge is 2.34. The molecule has 1 aromatic carbocycles. The molecule has 14 heavy (non-hydrogen) atoms. The molecule has 0 amide bonds. The topological polar surface area (TPSA) is 46.2 Å². The standard InChI is InChI=1S/C8H4F3O3/c9-8(10,11)5-3-1-2-4-6(5)14-7(12)13/h1-4H. The molecule has 0 atom stereocenters. The Kier molecular flexibility index (Phi) is 2.64. The van der Waals surface area contributed by atoms with Crippen LogP contribution in [0, 0.1) is 0 Å². The average Bonchev–Trinajstić information content (AvgIpc) is 2.01. The van der Waals surface area contributed by atoms with Crippen LogP contribution in [-0.4, -0.2) is 6.16 Å². The normalized spacial score (nSPS) is 11.1. The molecule has 0 aromatic heterocycles. The maximum absolute atomic E-state index is 12.2. The number of para-hydroxylation sites is 1. The number of hydrogen-bond donors (Lipinski definition) is 0. The zero-order chi connectivity index (χ0) is 10.8. The molecule has 1 radical (unpaired) electrons. The summed E-state index contributed by atoms with van der Waals surface area (Å²) in [4.78, 5) is 9.95. The van der Waals surface area contributed by atoms with E-state index in [2.05, 4.69) is 4.74 Å². The lowest BCUT2D eigenvalue weighted by molar-refractivity contribution is -0.138. The summed E-state index contributed by atoms with van der Waals surface area (Å²) in [6.07, 6.45) is -6.67.